The summed E-state index contributed by atoms with van der Waals surface area (Å²) in [7, 11) is 0. The highest BCUT2D eigenvalue weighted by Gasteiger charge is 2.17. The SMILES string of the molecule is CCN1CCN(c2cc(C(=O)NCCc3cccc(Cl)c3)ccn2)CC1. The molecule has 0 saturated carbocycles. The minimum atomic E-state index is -0.0668. The Balaban J connectivity index is 1.54. The zero-order chi connectivity index (χ0) is 18.4. The van der Waals surface area contributed by atoms with Gasteiger partial charge in [0, 0.05) is 49.5 Å². The molecule has 0 unspecified atom stereocenters. The molecular formula is C20H25ClN4O. The van der Waals surface area contributed by atoms with E-state index in [0.717, 1.165) is 55.5 Å². The van der Waals surface area contributed by atoms with Crippen molar-refractivity contribution in [2.75, 3.05) is 44.2 Å². The summed E-state index contributed by atoms with van der Waals surface area (Å²) in [6.07, 6.45) is 2.47. The predicted octanol–water partition coefficient (Wildman–Crippen LogP) is 2.85. The molecule has 2 aromatic rings. The van der Waals surface area contributed by atoms with Gasteiger partial charge in [-0.15, -0.1) is 0 Å². The second-order valence-electron chi connectivity index (χ2n) is 6.46. The Hall–Kier alpha value is -2.11. The Bertz CT molecular complexity index is 744. The van der Waals surface area contributed by atoms with E-state index in [1.807, 2.05) is 30.3 Å². The van der Waals surface area contributed by atoms with Crippen LogP contribution in [-0.2, 0) is 6.42 Å². The van der Waals surface area contributed by atoms with Crippen molar-refractivity contribution in [3.8, 4) is 0 Å². The number of nitrogens with one attached hydrogen (secondary N) is 1. The van der Waals surface area contributed by atoms with Gasteiger partial charge in [0.15, 0.2) is 0 Å². The summed E-state index contributed by atoms with van der Waals surface area (Å²) in [5.41, 5.74) is 1.76. The van der Waals surface area contributed by atoms with Crippen LogP contribution in [0.3, 0.4) is 0 Å². The molecule has 1 amide bonds. The number of benzene rings is 1. The molecule has 138 valence electrons. The van der Waals surface area contributed by atoms with E-state index in [0.29, 0.717) is 12.1 Å². The summed E-state index contributed by atoms with van der Waals surface area (Å²) in [5.74, 6) is 0.811. The molecule has 0 bridgehead atoms. The van der Waals surface area contributed by atoms with Crippen molar-refractivity contribution in [2.45, 2.75) is 13.3 Å². The lowest BCUT2D eigenvalue weighted by Gasteiger charge is -2.34. The average molecular weight is 373 g/mol. The number of carbonyl (C=O) groups excluding carboxylic acids is 1. The molecule has 0 radical (unpaired) electrons. The molecule has 3 rings (SSSR count). The number of nitrogens with zero attached hydrogens (tertiary/aromatic N) is 3. The molecule has 1 aliphatic rings. The minimum Gasteiger partial charge on any atom is -0.354 e. The van der Waals surface area contributed by atoms with E-state index in [4.69, 9.17) is 11.6 Å². The van der Waals surface area contributed by atoms with Gasteiger partial charge in [-0.05, 0) is 42.8 Å². The number of anilines is 1. The van der Waals surface area contributed by atoms with Crippen LogP contribution in [0.1, 0.15) is 22.8 Å². The third-order valence-corrected chi connectivity index (χ3v) is 4.97. The smallest absolute Gasteiger partial charge is 0.251 e. The first-order valence-corrected chi connectivity index (χ1v) is 9.49. The third-order valence-electron chi connectivity index (χ3n) is 4.74. The zero-order valence-electron chi connectivity index (χ0n) is 15.1. The number of hydrogen-bond donors (Lipinski definition) is 1. The summed E-state index contributed by atoms with van der Waals surface area (Å²) in [4.78, 5) is 21.6. The molecule has 2 heterocycles. The van der Waals surface area contributed by atoms with E-state index < -0.39 is 0 Å². The minimum absolute atomic E-state index is 0.0668. The van der Waals surface area contributed by atoms with E-state index in [2.05, 4.69) is 27.0 Å². The second kappa shape index (κ2) is 9.01. The van der Waals surface area contributed by atoms with Gasteiger partial charge >= 0.3 is 0 Å². The van der Waals surface area contributed by atoms with Gasteiger partial charge in [-0.2, -0.15) is 0 Å². The number of carbonyl (C=O) groups is 1. The number of piperazine rings is 1. The van der Waals surface area contributed by atoms with E-state index in [9.17, 15) is 4.79 Å². The molecule has 1 fully saturated rings. The molecule has 1 aromatic carbocycles. The first-order chi connectivity index (χ1) is 12.7. The maximum absolute atomic E-state index is 12.4. The standard InChI is InChI=1S/C20H25ClN4O/c1-2-24-10-12-25(13-11-24)19-15-17(7-9-22-19)20(26)23-8-6-16-4-3-5-18(21)14-16/h3-5,7,9,14-15H,2,6,8,10-13H2,1H3,(H,23,26). The van der Waals surface area contributed by atoms with Crippen LogP contribution in [0.15, 0.2) is 42.6 Å². The lowest BCUT2D eigenvalue weighted by Crippen LogP contribution is -2.46. The summed E-state index contributed by atoms with van der Waals surface area (Å²) >= 11 is 5.99. The lowest BCUT2D eigenvalue weighted by molar-refractivity contribution is 0.0954. The first kappa shape index (κ1) is 18.7. The van der Waals surface area contributed by atoms with Crippen molar-refractivity contribution in [3.05, 3.63) is 58.7 Å². The van der Waals surface area contributed by atoms with Crippen LogP contribution in [0.25, 0.3) is 0 Å². The Morgan fingerprint density at radius 2 is 2.00 bits per heavy atom. The van der Waals surface area contributed by atoms with Gasteiger partial charge in [-0.25, -0.2) is 4.98 Å². The highest BCUT2D eigenvalue weighted by Crippen LogP contribution is 2.15. The fourth-order valence-corrected chi connectivity index (χ4v) is 3.35. The van der Waals surface area contributed by atoms with Crippen LogP contribution in [0.5, 0.6) is 0 Å². The van der Waals surface area contributed by atoms with Gasteiger partial charge in [0.25, 0.3) is 5.91 Å². The van der Waals surface area contributed by atoms with Crippen molar-refractivity contribution in [3.63, 3.8) is 0 Å². The number of hydrogen-bond acceptors (Lipinski definition) is 4. The number of aromatic nitrogens is 1. The van der Waals surface area contributed by atoms with Gasteiger partial charge in [0.2, 0.25) is 0 Å². The highest BCUT2D eigenvalue weighted by molar-refractivity contribution is 6.30. The van der Waals surface area contributed by atoms with Crippen molar-refractivity contribution in [1.29, 1.82) is 0 Å². The fourth-order valence-electron chi connectivity index (χ4n) is 3.14. The normalized spacial score (nSPS) is 15.1. The summed E-state index contributed by atoms with van der Waals surface area (Å²) in [5, 5.41) is 3.69. The first-order valence-electron chi connectivity index (χ1n) is 9.11. The molecular weight excluding hydrogens is 348 g/mol. The summed E-state index contributed by atoms with van der Waals surface area (Å²) in [6, 6.07) is 11.4. The van der Waals surface area contributed by atoms with E-state index >= 15 is 0 Å². The lowest BCUT2D eigenvalue weighted by atomic mass is 10.1. The fraction of sp³-hybridized carbons (Fsp3) is 0.400. The average Bonchev–Trinajstić information content (AvgIpc) is 2.68. The molecule has 26 heavy (non-hydrogen) atoms. The maximum atomic E-state index is 12.4. The number of pyridine rings is 1. The van der Waals surface area contributed by atoms with Gasteiger partial charge < -0.3 is 15.1 Å². The predicted molar refractivity (Wildman–Crippen MR) is 106 cm³/mol. The molecule has 1 N–H and O–H groups in total. The van der Waals surface area contributed by atoms with E-state index in [1.165, 1.54) is 0 Å². The number of rotatable bonds is 6. The number of amides is 1. The van der Waals surface area contributed by atoms with Crippen molar-refractivity contribution in [2.24, 2.45) is 0 Å². The molecule has 5 nitrogen and oxygen atoms in total. The van der Waals surface area contributed by atoms with Crippen molar-refractivity contribution in [1.82, 2.24) is 15.2 Å². The van der Waals surface area contributed by atoms with Crippen LogP contribution in [0, 0.1) is 0 Å². The van der Waals surface area contributed by atoms with Gasteiger partial charge in [-0.1, -0.05) is 30.7 Å². The third kappa shape index (κ3) is 4.96. The van der Waals surface area contributed by atoms with Crippen LogP contribution in [-0.4, -0.2) is 55.1 Å². The topological polar surface area (TPSA) is 48.5 Å². The van der Waals surface area contributed by atoms with Crippen molar-refractivity contribution >= 4 is 23.3 Å². The number of likely N-dealkylation sites (N-methyl/N-ethyl adjacent to an activating group) is 1. The molecule has 0 atom stereocenters. The largest absolute Gasteiger partial charge is 0.354 e. The zero-order valence-corrected chi connectivity index (χ0v) is 15.9. The van der Waals surface area contributed by atoms with E-state index in [-0.39, 0.29) is 5.91 Å². The Morgan fingerprint density at radius 3 is 2.73 bits per heavy atom. The van der Waals surface area contributed by atoms with Crippen LogP contribution < -0.4 is 10.2 Å². The molecule has 0 spiro atoms. The highest BCUT2D eigenvalue weighted by atomic mass is 35.5. The number of halogens is 1. The molecule has 0 aliphatic carbocycles. The van der Waals surface area contributed by atoms with Gasteiger partial charge in [-0.3, -0.25) is 4.79 Å². The van der Waals surface area contributed by atoms with Crippen molar-refractivity contribution < 1.29 is 4.79 Å². The molecule has 6 heteroatoms. The van der Waals surface area contributed by atoms with Crippen LogP contribution in [0.4, 0.5) is 5.82 Å². The summed E-state index contributed by atoms with van der Waals surface area (Å²) < 4.78 is 0. The van der Waals surface area contributed by atoms with Gasteiger partial charge in [0.05, 0.1) is 0 Å². The Kier molecular flexibility index (Phi) is 6.47. The maximum Gasteiger partial charge on any atom is 0.251 e. The molecule has 1 saturated heterocycles. The summed E-state index contributed by atoms with van der Waals surface area (Å²) in [6.45, 7) is 7.80. The Morgan fingerprint density at radius 1 is 1.19 bits per heavy atom. The second-order valence-corrected chi connectivity index (χ2v) is 6.90. The Labute approximate surface area is 160 Å². The molecule has 1 aromatic heterocycles. The van der Waals surface area contributed by atoms with Gasteiger partial charge in [0.1, 0.15) is 5.82 Å². The quantitative estimate of drug-likeness (QED) is 0.847. The van der Waals surface area contributed by atoms with Crippen LogP contribution >= 0.6 is 11.6 Å². The van der Waals surface area contributed by atoms with E-state index in [1.54, 1.807) is 12.3 Å². The monoisotopic (exact) mass is 372 g/mol. The van der Waals surface area contributed by atoms with Crippen LogP contribution in [0.2, 0.25) is 5.02 Å². The molecule has 1 aliphatic heterocycles.